The van der Waals surface area contributed by atoms with Crippen LogP contribution in [0, 0.1) is 5.92 Å². The van der Waals surface area contributed by atoms with Crippen molar-refractivity contribution in [1.82, 2.24) is 29.7 Å². The second kappa shape index (κ2) is 7.58. The van der Waals surface area contributed by atoms with Gasteiger partial charge in [-0.1, -0.05) is 12.1 Å². The van der Waals surface area contributed by atoms with Gasteiger partial charge in [0, 0.05) is 47.3 Å². The molecule has 0 bridgehead atoms. The van der Waals surface area contributed by atoms with Crippen LogP contribution in [0.2, 0.25) is 0 Å². The molecule has 0 unspecified atom stereocenters. The van der Waals surface area contributed by atoms with Gasteiger partial charge < -0.3 is 9.09 Å². The molecule has 2 aliphatic carbocycles. The van der Waals surface area contributed by atoms with Crippen LogP contribution in [0.4, 0.5) is 8.78 Å². The van der Waals surface area contributed by atoms with Crippen molar-refractivity contribution in [2.75, 3.05) is 5.75 Å². The summed E-state index contributed by atoms with van der Waals surface area (Å²) in [6.45, 7) is 2.06. The number of nitrogens with zero attached hydrogens (tertiary/aromatic N) is 6. The van der Waals surface area contributed by atoms with Crippen molar-refractivity contribution in [3.63, 3.8) is 0 Å². The molecule has 0 amide bonds. The molecule has 0 N–H and O–H groups in total. The number of thioether (sulfide) groups is 1. The zero-order valence-corrected chi connectivity index (χ0v) is 19.1. The van der Waals surface area contributed by atoms with Crippen LogP contribution in [-0.2, 0) is 13.0 Å². The number of hydrogen-bond acceptors (Lipinski definition) is 7. The highest BCUT2D eigenvalue weighted by Crippen LogP contribution is 2.49. The Morgan fingerprint density at radius 1 is 1.12 bits per heavy atom. The Hall–Kier alpha value is -2.88. The maximum Gasteiger partial charge on any atom is 0.277 e. The first kappa shape index (κ1) is 20.7. The van der Waals surface area contributed by atoms with Gasteiger partial charge in [0.05, 0.1) is 0 Å². The molecule has 0 radical (unpaired) electrons. The van der Waals surface area contributed by atoms with Gasteiger partial charge in [-0.3, -0.25) is 4.98 Å². The van der Waals surface area contributed by atoms with Crippen molar-refractivity contribution < 1.29 is 13.3 Å². The van der Waals surface area contributed by atoms with E-state index in [2.05, 4.69) is 32.0 Å². The lowest BCUT2D eigenvalue weighted by molar-refractivity contribution is -0.0287. The molecule has 4 aromatic rings. The van der Waals surface area contributed by atoms with Crippen molar-refractivity contribution in [2.24, 2.45) is 13.0 Å². The molecule has 0 spiro atoms. The summed E-state index contributed by atoms with van der Waals surface area (Å²) in [5, 5.41) is 4.12. The van der Waals surface area contributed by atoms with Crippen LogP contribution in [0.3, 0.4) is 0 Å². The maximum atomic E-state index is 14.6. The van der Waals surface area contributed by atoms with Crippen molar-refractivity contribution in [3.05, 3.63) is 36.0 Å². The van der Waals surface area contributed by atoms with Crippen molar-refractivity contribution in [1.29, 1.82) is 0 Å². The van der Waals surface area contributed by atoms with Crippen LogP contribution < -0.4 is 0 Å². The number of aromatic nitrogens is 6. The lowest BCUT2D eigenvalue weighted by atomic mass is 10.1. The molecule has 2 aliphatic rings. The molecular formula is C23H22F2N6OS. The van der Waals surface area contributed by atoms with Crippen LogP contribution in [0.25, 0.3) is 34.1 Å². The van der Waals surface area contributed by atoms with E-state index in [9.17, 15) is 8.78 Å². The Morgan fingerprint density at radius 2 is 1.94 bits per heavy atom. The molecule has 0 aliphatic heterocycles. The predicted molar refractivity (Wildman–Crippen MR) is 120 cm³/mol. The molecule has 2 fully saturated rings. The smallest absolute Gasteiger partial charge is 0.277 e. The number of halogens is 2. The summed E-state index contributed by atoms with van der Waals surface area (Å²) in [4.78, 5) is 19.1. The Kier molecular flexibility index (Phi) is 4.76. The van der Waals surface area contributed by atoms with Gasteiger partial charge in [-0.25, -0.2) is 18.7 Å². The normalized spacial score (nSPS) is 16.6. The molecule has 7 nitrogen and oxygen atoms in total. The first-order chi connectivity index (χ1) is 16.0. The van der Waals surface area contributed by atoms with Gasteiger partial charge in [0.15, 0.2) is 11.5 Å². The summed E-state index contributed by atoms with van der Waals surface area (Å²) in [5.41, 5.74) is 2.36. The summed E-state index contributed by atoms with van der Waals surface area (Å²) in [6.07, 6.45) is 6.26. The van der Waals surface area contributed by atoms with Gasteiger partial charge >= 0.3 is 0 Å². The minimum absolute atomic E-state index is 0.0720. The van der Waals surface area contributed by atoms with Gasteiger partial charge in [-0.2, -0.15) is 4.98 Å². The Labute approximate surface area is 193 Å². The molecule has 33 heavy (non-hydrogen) atoms. The zero-order chi connectivity index (χ0) is 22.7. The Morgan fingerprint density at radius 3 is 2.67 bits per heavy atom. The zero-order valence-electron chi connectivity index (χ0n) is 18.3. The lowest BCUT2D eigenvalue weighted by Gasteiger charge is -2.15. The number of imidazole rings is 1. The van der Waals surface area contributed by atoms with Crippen molar-refractivity contribution >= 4 is 22.9 Å². The molecule has 170 valence electrons. The average Bonchev–Trinajstić information content (AvgIpc) is 3.75. The molecule has 0 aromatic carbocycles. The van der Waals surface area contributed by atoms with Crippen LogP contribution in [-0.4, -0.2) is 35.4 Å². The van der Waals surface area contributed by atoms with Crippen LogP contribution >= 0.6 is 11.8 Å². The second-order valence-electron chi connectivity index (χ2n) is 8.69. The summed E-state index contributed by atoms with van der Waals surface area (Å²) >= 11 is 1.63. The topological polar surface area (TPSA) is 82.5 Å². The quantitative estimate of drug-likeness (QED) is 0.328. The van der Waals surface area contributed by atoms with Gasteiger partial charge in [0.1, 0.15) is 11.2 Å². The molecule has 6 rings (SSSR count). The van der Waals surface area contributed by atoms with Gasteiger partial charge in [-0.15, -0.1) is 11.8 Å². The lowest BCUT2D eigenvalue weighted by Crippen LogP contribution is -2.16. The van der Waals surface area contributed by atoms with Crippen molar-refractivity contribution in [2.45, 2.75) is 49.3 Å². The monoisotopic (exact) mass is 468 g/mol. The number of rotatable bonds is 7. The molecular weight excluding hydrogens is 446 g/mol. The van der Waals surface area contributed by atoms with E-state index in [1.807, 2.05) is 13.1 Å². The third-order valence-electron chi connectivity index (χ3n) is 6.17. The van der Waals surface area contributed by atoms with E-state index in [0.29, 0.717) is 53.2 Å². The van der Waals surface area contributed by atoms with Crippen molar-refractivity contribution in [3.8, 4) is 22.9 Å². The first-order valence-corrected chi connectivity index (χ1v) is 12.1. The van der Waals surface area contributed by atoms with E-state index in [1.165, 1.54) is 12.3 Å². The summed E-state index contributed by atoms with van der Waals surface area (Å²) in [7, 11) is 1.83. The highest BCUT2D eigenvalue weighted by atomic mass is 32.2. The van der Waals surface area contributed by atoms with Gasteiger partial charge in [0.2, 0.25) is 11.7 Å². The largest absolute Gasteiger partial charge is 0.339 e. The fourth-order valence-electron chi connectivity index (χ4n) is 4.00. The fraction of sp³-hybridized carbons (Fsp3) is 0.435. The minimum Gasteiger partial charge on any atom is -0.339 e. The third-order valence-corrected chi connectivity index (χ3v) is 7.09. The number of fused-ring (bicyclic) bond motifs is 1. The van der Waals surface area contributed by atoms with Crippen LogP contribution in [0.15, 0.2) is 33.9 Å². The Balaban J connectivity index is 1.40. The second-order valence-corrected chi connectivity index (χ2v) is 10.00. The van der Waals surface area contributed by atoms with E-state index in [4.69, 9.17) is 4.52 Å². The van der Waals surface area contributed by atoms with E-state index in [-0.39, 0.29) is 5.56 Å². The molecule has 0 saturated heterocycles. The van der Waals surface area contributed by atoms with E-state index in [1.54, 1.807) is 22.5 Å². The maximum absolute atomic E-state index is 14.6. The molecule has 4 heterocycles. The fourth-order valence-corrected chi connectivity index (χ4v) is 4.80. The van der Waals surface area contributed by atoms with E-state index >= 15 is 0 Å². The van der Waals surface area contributed by atoms with E-state index < -0.39 is 11.8 Å². The predicted octanol–water partition coefficient (Wildman–Crippen LogP) is 5.57. The summed E-state index contributed by atoms with van der Waals surface area (Å²) < 4.78 is 36.4. The number of pyridine rings is 2. The first-order valence-electron chi connectivity index (χ1n) is 11.1. The number of aryl methyl sites for hydroxylation is 1. The molecule has 10 heteroatoms. The molecule has 4 aromatic heterocycles. The number of alkyl halides is 2. The standard InChI is InChI=1S/C23H22F2N6OS/c1-3-33-17-8-13(19-29-22(32-30-19)12-4-5-12)10-26-18(17)21-28-16-9-15(11-27-20(16)31(21)2)23(24,25)14-6-7-14/h8-12,14H,3-7H2,1-2H3. The highest BCUT2D eigenvalue weighted by molar-refractivity contribution is 7.99. The van der Waals surface area contributed by atoms with Crippen LogP contribution in [0.1, 0.15) is 50.0 Å². The van der Waals surface area contributed by atoms with Gasteiger partial charge in [-0.05, 0) is 43.6 Å². The number of hydrogen-bond donors (Lipinski definition) is 0. The van der Waals surface area contributed by atoms with Crippen LogP contribution in [0.5, 0.6) is 0 Å². The summed E-state index contributed by atoms with van der Waals surface area (Å²) in [6, 6.07) is 3.45. The third kappa shape index (κ3) is 3.60. The highest BCUT2D eigenvalue weighted by Gasteiger charge is 2.48. The molecule has 0 atom stereocenters. The van der Waals surface area contributed by atoms with E-state index in [0.717, 1.165) is 29.1 Å². The summed E-state index contributed by atoms with van der Waals surface area (Å²) in [5.74, 6) is -0.464. The SMILES string of the molecule is CCSc1cc(-c2noc(C3CC3)n2)cnc1-c1nc2cc(C(F)(F)C3CC3)cnc2n1C. The molecule has 2 saturated carbocycles. The minimum atomic E-state index is -2.87. The average molecular weight is 469 g/mol. The van der Waals surface area contributed by atoms with Gasteiger partial charge in [0.25, 0.3) is 5.92 Å². The Bertz CT molecular complexity index is 1360.